The average Bonchev–Trinajstić information content (AvgIpc) is 2.75. The zero-order valence-electron chi connectivity index (χ0n) is 17.6. The molecule has 0 fully saturated rings. The van der Waals surface area contributed by atoms with Crippen molar-refractivity contribution in [3.05, 3.63) is 83.4 Å². The number of benzene rings is 3. The molecule has 2 N–H and O–H groups in total. The Bertz CT molecular complexity index is 1060. The smallest absolute Gasteiger partial charge is 0.411 e. The van der Waals surface area contributed by atoms with Gasteiger partial charge in [-0.15, -0.1) is 0 Å². The van der Waals surface area contributed by atoms with E-state index in [0.29, 0.717) is 17.9 Å². The summed E-state index contributed by atoms with van der Waals surface area (Å²) in [6.07, 6.45) is -0.0613. The third-order valence-electron chi connectivity index (χ3n) is 4.80. The number of aryl methyl sites for hydroxylation is 1. The summed E-state index contributed by atoms with van der Waals surface area (Å²) in [6, 6.07) is 20.7. The monoisotopic (exact) mass is 419 g/mol. The number of ether oxygens (including phenoxy) is 2. The van der Waals surface area contributed by atoms with E-state index in [1.807, 2.05) is 67.6 Å². The molecule has 0 aromatic heterocycles. The highest BCUT2D eigenvalue weighted by Crippen LogP contribution is 2.28. The minimum Gasteiger partial charge on any atom is -0.496 e. The number of aliphatic carboxylic acids is 1. The molecule has 0 radical (unpaired) electrons. The fourth-order valence-electron chi connectivity index (χ4n) is 3.23. The third-order valence-corrected chi connectivity index (χ3v) is 4.80. The lowest BCUT2D eigenvalue weighted by Crippen LogP contribution is -2.15. The van der Waals surface area contributed by atoms with Gasteiger partial charge in [-0.1, -0.05) is 48.0 Å². The van der Waals surface area contributed by atoms with Gasteiger partial charge in [-0.05, 0) is 53.4 Å². The van der Waals surface area contributed by atoms with Gasteiger partial charge in [0.05, 0.1) is 20.1 Å². The molecule has 3 rings (SSSR count). The quantitative estimate of drug-likeness (QED) is 0.531. The van der Waals surface area contributed by atoms with Crippen LogP contribution in [-0.4, -0.2) is 30.9 Å². The maximum atomic E-state index is 12.0. The van der Waals surface area contributed by atoms with Crippen LogP contribution in [0.1, 0.15) is 16.7 Å². The van der Waals surface area contributed by atoms with Crippen molar-refractivity contribution in [3.63, 3.8) is 0 Å². The van der Waals surface area contributed by atoms with E-state index in [-0.39, 0.29) is 13.0 Å². The largest absolute Gasteiger partial charge is 0.496 e. The Morgan fingerprint density at radius 1 is 0.968 bits per heavy atom. The topological polar surface area (TPSA) is 84.9 Å². The van der Waals surface area contributed by atoms with Crippen LogP contribution in [-0.2, 0) is 22.4 Å². The molecule has 1 amide bonds. The second-order valence-corrected chi connectivity index (χ2v) is 7.17. The second kappa shape index (κ2) is 10.3. The molecule has 0 spiro atoms. The van der Waals surface area contributed by atoms with Gasteiger partial charge in [-0.2, -0.15) is 0 Å². The van der Waals surface area contributed by atoms with E-state index in [9.17, 15) is 9.59 Å². The SMILES string of the molecule is COc1ccc(-c2cccc(CC(=O)O)c2)cc1CCOC(=O)Nc1ccc(C)cc1. The van der Waals surface area contributed by atoms with Gasteiger partial charge in [-0.3, -0.25) is 10.1 Å². The molecule has 0 aliphatic rings. The summed E-state index contributed by atoms with van der Waals surface area (Å²) >= 11 is 0. The van der Waals surface area contributed by atoms with Crippen LogP contribution >= 0.6 is 0 Å². The number of nitrogens with one attached hydrogen (secondary N) is 1. The first-order valence-electron chi connectivity index (χ1n) is 9.93. The van der Waals surface area contributed by atoms with Crippen LogP contribution in [0.2, 0.25) is 0 Å². The number of hydrogen-bond acceptors (Lipinski definition) is 4. The highest BCUT2D eigenvalue weighted by Gasteiger charge is 2.10. The number of methoxy groups -OCH3 is 1. The molecule has 160 valence electrons. The van der Waals surface area contributed by atoms with Crippen LogP contribution in [0.3, 0.4) is 0 Å². The Hall–Kier alpha value is -3.80. The standard InChI is InChI=1S/C25H25NO5/c1-17-6-9-22(10-7-17)26-25(29)31-13-12-21-16-20(8-11-23(21)30-2)19-5-3-4-18(14-19)15-24(27)28/h3-11,14,16H,12-13,15H2,1-2H3,(H,26,29)(H,27,28). The van der Waals surface area contributed by atoms with Gasteiger partial charge in [0.25, 0.3) is 0 Å². The molecule has 0 aliphatic heterocycles. The number of carbonyl (C=O) groups is 2. The van der Waals surface area contributed by atoms with E-state index in [0.717, 1.165) is 27.8 Å². The summed E-state index contributed by atoms with van der Waals surface area (Å²) in [5, 5.41) is 11.7. The van der Waals surface area contributed by atoms with Gasteiger partial charge in [0.2, 0.25) is 0 Å². The molecule has 0 saturated carbocycles. The highest BCUT2D eigenvalue weighted by atomic mass is 16.5. The Labute approximate surface area is 181 Å². The molecule has 0 atom stereocenters. The van der Waals surface area contributed by atoms with Crippen LogP contribution in [0.25, 0.3) is 11.1 Å². The van der Waals surface area contributed by atoms with Crippen molar-refractivity contribution in [2.45, 2.75) is 19.8 Å². The van der Waals surface area contributed by atoms with E-state index >= 15 is 0 Å². The number of carbonyl (C=O) groups excluding carboxylic acids is 1. The predicted octanol–water partition coefficient (Wildman–Crippen LogP) is 5.09. The van der Waals surface area contributed by atoms with Crippen LogP contribution < -0.4 is 10.1 Å². The Morgan fingerprint density at radius 3 is 2.42 bits per heavy atom. The van der Waals surface area contributed by atoms with E-state index in [1.165, 1.54) is 0 Å². The summed E-state index contributed by atoms with van der Waals surface area (Å²) in [7, 11) is 1.59. The maximum Gasteiger partial charge on any atom is 0.411 e. The Morgan fingerprint density at radius 2 is 1.71 bits per heavy atom. The van der Waals surface area contributed by atoms with Crippen molar-refractivity contribution in [2.75, 3.05) is 19.0 Å². The van der Waals surface area contributed by atoms with E-state index in [4.69, 9.17) is 14.6 Å². The number of carboxylic acids is 1. The van der Waals surface area contributed by atoms with E-state index in [1.54, 1.807) is 13.2 Å². The fraction of sp³-hybridized carbons (Fsp3) is 0.200. The van der Waals surface area contributed by atoms with Crippen molar-refractivity contribution < 1.29 is 24.2 Å². The Balaban J connectivity index is 1.66. The molecule has 0 unspecified atom stereocenters. The van der Waals surface area contributed by atoms with Crippen LogP contribution in [0.4, 0.5) is 10.5 Å². The van der Waals surface area contributed by atoms with Gasteiger partial charge in [0.1, 0.15) is 5.75 Å². The summed E-state index contributed by atoms with van der Waals surface area (Å²) in [6.45, 7) is 2.17. The van der Waals surface area contributed by atoms with Gasteiger partial charge in [-0.25, -0.2) is 4.79 Å². The van der Waals surface area contributed by atoms with Crippen molar-refractivity contribution in [3.8, 4) is 16.9 Å². The van der Waals surface area contributed by atoms with Crippen molar-refractivity contribution in [2.24, 2.45) is 0 Å². The van der Waals surface area contributed by atoms with Crippen LogP contribution in [0.15, 0.2) is 66.7 Å². The van der Waals surface area contributed by atoms with Crippen molar-refractivity contribution >= 4 is 17.7 Å². The van der Waals surface area contributed by atoms with Crippen molar-refractivity contribution in [1.29, 1.82) is 0 Å². The lowest BCUT2D eigenvalue weighted by molar-refractivity contribution is -0.136. The number of rotatable bonds is 8. The molecule has 0 bridgehead atoms. The first-order valence-corrected chi connectivity index (χ1v) is 9.93. The molecule has 6 nitrogen and oxygen atoms in total. The molecular formula is C25H25NO5. The first kappa shape index (κ1) is 21.9. The number of anilines is 1. The van der Waals surface area contributed by atoms with Gasteiger partial charge in [0, 0.05) is 12.1 Å². The third kappa shape index (κ3) is 6.34. The minimum absolute atomic E-state index is 0.0270. The van der Waals surface area contributed by atoms with Gasteiger partial charge >= 0.3 is 12.1 Å². The van der Waals surface area contributed by atoms with Gasteiger partial charge < -0.3 is 14.6 Å². The molecule has 3 aromatic rings. The predicted molar refractivity (Wildman–Crippen MR) is 120 cm³/mol. The normalized spacial score (nSPS) is 10.4. The molecule has 0 heterocycles. The summed E-state index contributed by atoms with van der Waals surface area (Å²) in [5.74, 6) is -0.165. The number of hydrogen-bond donors (Lipinski definition) is 2. The zero-order valence-corrected chi connectivity index (χ0v) is 17.6. The van der Waals surface area contributed by atoms with E-state index in [2.05, 4.69) is 5.32 Å². The molecule has 0 aliphatic carbocycles. The van der Waals surface area contributed by atoms with Crippen LogP contribution in [0.5, 0.6) is 5.75 Å². The molecule has 3 aromatic carbocycles. The molecule has 6 heteroatoms. The van der Waals surface area contributed by atoms with Crippen LogP contribution in [0, 0.1) is 6.92 Å². The fourth-order valence-corrected chi connectivity index (χ4v) is 3.23. The first-order chi connectivity index (χ1) is 14.9. The number of amides is 1. The molecule has 31 heavy (non-hydrogen) atoms. The average molecular weight is 419 g/mol. The zero-order chi connectivity index (χ0) is 22.2. The summed E-state index contributed by atoms with van der Waals surface area (Å²) in [5.41, 5.74) is 5.27. The van der Waals surface area contributed by atoms with Gasteiger partial charge in [0.15, 0.2) is 0 Å². The summed E-state index contributed by atoms with van der Waals surface area (Å²) in [4.78, 5) is 23.0. The minimum atomic E-state index is -0.867. The molecular weight excluding hydrogens is 394 g/mol. The maximum absolute atomic E-state index is 12.0. The lowest BCUT2D eigenvalue weighted by atomic mass is 9.98. The van der Waals surface area contributed by atoms with Crippen molar-refractivity contribution in [1.82, 2.24) is 0 Å². The second-order valence-electron chi connectivity index (χ2n) is 7.17. The summed E-state index contributed by atoms with van der Waals surface area (Å²) < 4.78 is 10.8. The lowest BCUT2D eigenvalue weighted by Gasteiger charge is -2.12. The molecule has 0 saturated heterocycles. The number of carboxylic acid groups (broad SMARTS) is 1. The highest BCUT2D eigenvalue weighted by molar-refractivity contribution is 5.84. The Kier molecular flexibility index (Phi) is 7.27. The van der Waals surface area contributed by atoms with E-state index < -0.39 is 12.1 Å².